The zero-order chi connectivity index (χ0) is 11.8. The highest BCUT2D eigenvalue weighted by atomic mass is 35.5. The van der Waals surface area contributed by atoms with E-state index in [4.69, 9.17) is 16.1 Å². The summed E-state index contributed by atoms with van der Waals surface area (Å²) in [5, 5.41) is 5.60. The van der Waals surface area contributed by atoms with Crippen molar-refractivity contribution in [1.82, 2.24) is 14.7 Å². The van der Waals surface area contributed by atoms with E-state index in [9.17, 15) is 0 Å². The second kappa shape index (κ2) is 3.89. The lowest BCUT2D eigenvalue weighted by molar-refractivity contribution is 0.369. The Hall–Kier alpha value is -1.81. The molecule has 2 heterocycles. The van der Waals surface area contributed by atoms with E-state index in [1.54, 1.807) is 6.92 Å². The maximum atomic E-state index is 6.19. The van der Waals surface area contributed by atoms with Crippen molar-refractivity contribution in [2.75, 3.05) is 0 Å². The number of hydrogen-bond acceptors (Lipinski definition) is 3. The summed E-state index contributed by atoms with van der Waals surface area (Å²) in [6.07, 6.45) is 1.97. The Bertz CT molecular complexity index is 671. The fourth-order valence-electron chi connectivity index (χ4n) is 1.90. The minimum absolute atomic E-state index is 0.536. The Labute approximate surface area is 103 Å². The van der Waals surface area contributed by atoms with Gasteiger partial charge < -0.3 is 9.09 Å². The summed E-state index contributed by atoms with van der Waals surface area (Å²) in [6.45, 7) is 2.34. The molecule has 0 aliphatic heterocycles. The number of aromatic nitrogens is 3. The number of nitrogens with zero attached hydrogens (tertiary/aromatic N) is 3. The average molecular weight is 248 g/mol. The summed E-state index contributed by atoms with van der Waals surface area (Å²) in [5.41, 5.74) is 0.991. The number of hydrogen-bond donors (Lipinski definition) is 0. The van der Waals surface area contributed by atoms with Gasteiger partial charge in [0, 0.05) is 11.6 Å². The first kappa shape index (κ1) is 10.4. The summed E-state index contributed by atoms with van der Waals surface area (Å²) < 4.78 is 7.11. The van der Waals surface area contributed by atoms with Crippen LogP contribution in [0, 0.1) is 6.92 Å². The van der Waals surface area contributed by atoms with Gasteiger partial charge in [-0.15, -0.1) is 0 Å². The fraction of sp³-hybridized carbons (Fsp3) is 0.167. The first-order valence-corrected chi connectivity index (χ1v) is 5.64. The van der Waals surface area contributed by atoms with Crippen molar-refractivity contribution in [3.05, 3.63) is 47.2 Å². The lowest BCUT2D eigenvalue weighted by Crippen LogP contribution is -1.98. The Morgan fingerprint density at radius 1 is 1.35 bits per heavy atom. The van der Waals surface area contributed by atoms with E-state index in [0.717, 1.165) is 15.9 Å². The molecule has 0 fully saturated rings. The molecule has 1 aromatic carbocycles. The van der Waals surface area contributed by atoms with Crippen molar-refractivity contribution in [3.8, 4) is 0 Å². The molecule has 0 aliphatic carbocycles. The molecule has 0 amide bonds. The fourth-order valence-corrected chi connectivity index (χ4v) is 2.19. The standard InChI is InChI=1S/C12H10ClN3O/c1-8-14-11(17-15-8)7-16-6-5-9-3-2-4-10(13)12(9)16/h2-6H,7H2,1H3. The molecule has 4 nitrogen and oxygen atoms in total. The van der Waals surface area contributed by atoms with Gasteiger partial charge in [0.2, 0.25) is 5.89 Å². The number of fused-ring (bicyclic) bond motifs is 1. The van der Waals surface area contributed by atoms with Gasteiger partial charge in [-0.25, -0.2) is 0 Å². The number of benzene rings is 1. The Balaban J connectivity index is 2.06. The lowest BCUT2D eigenvalue weighted by atomic mass is 10.2. The Morgan fingerprint density at radius 3 is 3.00 bits per heavy atom. The Kier molecular flexibility index (Phi) is 2.37. The highest BCUT2D eigenvalue weighted by Crippen LogP contribution is 2.24. The molecular formula is C12H10ClN3O. The molecule has 0 saturated heterocycles. The van der Waals surface area contributed by atoms with Crippen molar-refractivity contribution in [3.63, 3.8) is 0 Å². The second-order valence-electron chi connectivity index (χ2n) is 3.86. The molecule has 0 spiro atoms. The molecule has 0 bridgehead atoms. The van der Waals surface area contributed by atoms with Crippen molar-refractivity contribution in [1.29, 1.82) is 0 Å². The van der Waals surface area contributed by atoms with Gasteiger partial charge in [-0.2, -0.15) is 4.98 Å². The van der Waals surface area contributed by atoms with Crippen LogP contribution in [-0.4, -0.2) is 14.7 Å². The van der Waals surface area contributed by atoms with Gasteiger partial charge in [0.1, 0.15) is 6.54 Å². The summed E-state index contributed by atoms with van der Waals surface area (Å²) in [4.78, 5) is 4.18. The van der Waals surface area contributed by atoms with Gasteiger partial charge >= 0.3 is 0 Å². The molecule has 3 aromatic rings. The summed E-state index contributed by atoms with van der Waals surface area (Å²) in [6, 6.07) is 7.85. The molecule has 86 valence electrons. The quantitative estimate of drug-likeness (QED) is 0.699. The topological polar surface area (TPSA) is 43.9 Å². The van der Waals surface area contributed by atoms with Crippen LogP contribution < -0.4 is 0 Å². The van der Waals surface area contributed by atoms with Crippen LogP contribution in [0.2, 0.25) is 5.02 Å². The monoisotopic (exact) mass is 247 g/mol. The molecule has 0 saturated carbocycles. The SMILES string of the molecule is Cc1noc(Cn2ccc3cccc(Cl)c32)n1. The van der Waals surface area contributed by atoms with Gasteiger partial charge in [-0.3, -0.25) is 0 Å². The summed E-state index contributed by atoms with van der Waals surface area (Å²) in [7, 11) is 0. The largest absolute Gasteiger partial charge is 0.337 e. The van der Waals surface area contributed by atoms with E-state index in [0.29, 0.717) is 18.3 Å². The summed E-state index contributed by atoms with van der Waals surface area (Å²) in [5.74, 6) is 1.22. The van der Waals surface area contributed by atoms with Crippen LogP contribution in [0.3, 0.4) is 0 Å². The van der Waals surface area contributed by atoms with E-state index in [1.165, 1.54) is 0 Å². The molecule has 0 unspecified atom stereocenters. The molecule has 0 radical (unpaired) electrons. The molecule has 5 heteroatoms. The molecule has 0 N–H and O–H groups in total. The molecule has 0 aliphatic rings. The highest BCUT2D eigenvalue weighted by Gasteiger charge is 2.08. The van der Waals surface area contributed by atoms with E-state index in [-0.39, 0.29) is 0 Å². The van der Waals surface area contributed by atoms with E-state index in [1.807, 2.05) is 35.0 Å². The third-order valence-corrected chi connectivity index (χ3v) is 2.92. The predicted molar refractivity (Wildman–Crippen MR) is 65.1 cm³/mol. The number of aryl methyl sites for hydroxylation is 1. The minimum atomic E-state index is 0.536. The number of halogens is 1. The predicted octanol–water partition coefficient (Wildman–Crippen LogP) is 3.03. The van der Waals surface area contributed by atoms with E-state index >= 15 is 0 Å². The molecule has 2 aromatic heterocycles. The van der Waals surface area contributed by atoms with Crippen molar-refractivity contribution >= 4 is 22.5 Å². The first-order valence-electron chi connectivity index (χ1n) is 5.26. The van der Waals surface area contributed by atoms with Crippen LogP contribution in [-0.2, 0) is 6.54 Å². The number of para-hydroxylation sites is 1. The van der Waals surface area contributed by atoms with Gasteiger partial charge in [0.25, 0.3) is 0 Å². The first-order chi connectivity index (χ1) is 8.24. The van der Waals surface area contributed by atoms with Crippen LogP contribution in [0.5, 0.6) is 0 Å². The van der Waals surface area contributed by atoms with Gasteiger partial charge in [-0.05, 0) is 19.1 Å². The van der Waals surface area contributed by atoms with Crippen LogP contribution in [0.4, 0.5) is 0 Å². The number of rotatable bonds is 2. The average Bonchev–Trinajstić information content (AvgIpc) is 2.88. The smallest absolute Gasteiger partial charge is 0.246 e. The third kappa shape index (κ3) is 1.80. The van der Waals surface area contributed by atoms with E-state index < -0.39 is 0 Å². The minimum Gasteiger partial charge on any atom is -0.337 e. The maximum absolute atomic E-state index is 6.19. The van der Waals surface area contributed by atoms with Crippen LogP contribution in [0.1, 0.15) is 11.7 Å². The van der Waals surface area contributed by atoms with Crippen LogP contribution in [0.15, 0.2) is 35.0 Å². The zero-order valence-electron chi connectivity index (χ0n) is 9.22. The summed E-state index contributed by atoms with van der Waals surface area (Å²) >= 11 is 6.19. The van der Waals surface area contributed by atoms with Gasteiger partial charge in [0.05, 0.1) is 10.5 Å². The van der Waals surface area contributed by atoms with Gasteiger partial charge in [0.15, 0.2) is 5.82 Å². The van der Waals surface area contributed by atoms with Gasteiger partial charge in [-0.1, -0.05) is 28.9 Å². The molecule has 3 rings (SSSR count). The van der Waals surface area contributed by atoms with Crippen molar-refractivity contribution < 1.29 is 4.52 Å². The maximum Gasteiger partial charge on any atom is 0.246 e. The zero-order valence-corrected chi connectivity index (χ0v) is 9.98. The highest BCUT2D eigenvalue weighted by molar-refractivity contribution is 6.35. The van der Waals surface area contributed by atoms with Crippen molar-refractivity contribution in [2.24, 2.45) is 0 Å². The second-order valence-corrected chi connectivity index (χ2v) is 4.26. The Morgan fingerprint density at radius 2 is 2.24 bits per heavy atom. The third-order valence-electron chi connectivity index (χ3n) is 2.61. The normalized spacial score (nSPS) is 11.2. The van der Waals surface area contributed by atoms with Crippen LogP contribution >= 0.6 is 11.6 Å². The molecular weight excluding hydrogens is 238 g/mol. The molecule has 17 heavy (non-hydrogen) atoms. The van der Waals surface area contributed by atoms with Crippen LogP contribution in [0.25, 0.3) is 10.9 Å². The van der Waals surface area contributed by atoms with Crippen molar-refractivity contribution in [2.45, 2.75) is 13.5 Å². The lowest BCUT2D eigenvalue weighted by Gasteiger charge is -2.02. The van der Waals surface area contributed by atoms with E-state index in [2.05, 4.69) is 10.1 Å². The molecule has 0 atom stereocenters.